The minimum absolute atomic E-state index is 0.0783. The molecular weight excluding hydrogens is 601 g/mol. The van der Waals surface area contributed by atoms with E-state index in [4.69, 9.17) is 24.3 Å². The molecule has 0 aromatic carbocycles. The van der Waals surface area contributed by atoms with Crippen molar-refractivity contribution in [2.45, 2.75) is 110 Å². The Hall–Kier alpha value is -2.32. The zero-order valence-electron chi connectivity index (χ0n) is 28.5. The second kappa shape index (κ2) is 34.0. The molecule has 8 nitrogen and oxygen atoms in total. The van der Waals surface area contributed by atoms with Gasteiger partial charge in [-0.3, -0.25) is 13.8 Å². The van der Waals surface area contributed by atoms with Crippen LogP contribution in [0.2, 0.25) is 0 Å². The van der Waals surface area contributed by atoms with E-state index >= 15 is 0 Å². The minimum atomic E-state index is -4.27. The van der Waals surface area contributed by atoms with E-state index in [2.05, 4.69) is 98.9 Å². The van der Waals surface area contributed by atoms with Crippen molar-refractivity contribution in [3.63, 3.8) is 0 Å². The van der Waals surface area contributed by atoms with Crippen LogP contribution in [0.5, 0.6) is 0 Å². The molecule has 0 amide bonds. The van der Waals surface area contributed by atoms with Crippen molar-refractivity contribution in [3.05, 3.63) is 85.1 Å². The first-order valence-corrected chi connectivity index (χ1v) is 18.6. The average molecular weight is 664 g/mol. The molecule has 0 spiro atoms. The zero-order chi connectivity index (χ0) is 33.8. The summed E-state index contributed by atoms with van der Waals surface area (Å²) >= 11 is 0. The molecule has 0 radical (unpaired) electrons. The molecule has 0 aliphatic heterocycles. The predicted molar refractivity (Wildman–Crippen MR) is 191 cm³/mol. The van der Waals surface area contributed by atoms with Gasteiger partial charge < -0.3 is 20.1 Å². The first-order valence-electron chi connectivity index (χ1n) is 17.1. The maximum absolute atomic E-state index is 12.1. The molecule has 0 aliphatic rings. The van der Waals surface area contributed by atoms with Gasteiger partial charge in [0.1, 0.15) is 6.10 Å². The molecule has 2 atom stereocenters. The van der Waals surface area contributed by atoms with Crippen molar-refractivity contribution in [1.29, 1.82) is 0 Å². The van der Waals surface area contributed by atoms with Crippen LogP contribution in [0.3, 0.4) is 0 Å². The van der Waals surface area contributed by atoms with Crippen LogP contribution < -0.4 is 5.73 Å². The van der Waals surface area contributed by atoms with Crippen molar-refractivity contribution < 1.29 is 32.8 Å². The van der Waals surface area contributed by atoms with Gasteiger partial charge in [-0.2, -0.15) is 0 Å². The van der Waals surface area contributed by atoms with Crippen LogP contribution in [0.4, 0.5) is 0 Å². The lowest BCUT2D eigenvalue weighted by Crippen LogP contribution is -2.28. The van der Waals surface area contributed by atoms with Crippen molar-refractivity contribution in [3.8, 4) is 0 Å². The number of hydrogen-bond acceptors (Lipinski definition) is 7. The highest BCUT2D eigenvalue weighted by Gasteiger charge is 2.25. The van der Waals surface area contributed by atoms with E-state index in [0.29, 0.717) is 6.61 Å². The molecule has 0 heterocycles. The van der Waals surface area contributed by atoms with Crippen LogP contribution in [-0.2, 0) is 27.9 Å². The highest BCUT2D eigenvalue weighted by Crippen LogP contribution is 2.43. The summed E-state index contributed by atoms with van der Waals surface area (Å²) in [5.41, 5.74) is 5.30. The second-order valence-corrected chi connectivity index (χ2v) is 12.1. The number of allylic oxidation sites excluding steroid dienone is 14. The molecule has 262 valence electrons. The number of phosphoric acid groups is 1. The van der Waals surface area contributed by atoms with E-state index in [0.717, 1.165) is 83.5 Å². The Morgan fingerprint density at radius 2 is 1.20 bits per heavy atom. The summed E-state index contributed by atoms with van der Waals surface area (Å²) in [6.45, 7) is 4.46. The van der Waals surface area contributed by atoms with Gasteiger partial charge in [0.25, 0.3) is 0 Å². The summed E-state index contributed by atoms with van der Waals surface area (Å²) in [5.74, 6) is -0.377. The van der Waals surface area contributed by atoms with Gasteiger partial charge in [-0.25, -0.2) is 4.57 Å². The van der Waals surface area contributed by atoms with Crippen LogP contribution in [0.25, 0.3) is 0 Å². The highest BCUT2D eigenvalue weighted by atomic mass is 31.2. The number of phosphoric ester groups is 1. The molecule has 9 heteroatoms. The molecule has 46 heavy (non-hydrogen) atoms. The molecule has 3 N–H and O–H groups in total. The number of unbranched alkanes of at least 4 members (excludes halogenated alkanes) is 4. The van der Waals surface area contributed by atoms with Crippen LogP contribution in [-0.4, -0.2) is 49.9 Å². The lowest BCUT2D eigenvalue weighted by molar-refractivity contribution is -0.154. The number of esters is 1. The van der Waals surface area contributed by atoms with E-state index < -0.39 is 13.9 Å². The van der Waals surface area contributed by atoms with Gasteiger partial charge >= 0.3 is 13.8 Å². The van der Waals surface area contributed by atoms with E-state index in [9.17, 15) is 14.3 Å². The molecule has 0 fully saturated rings. The Morgan fingerprint density at radius 3 is 1.70 bits per heavy atom. The van der Waals surface area contributed by atoms with Gasteiger partial charge in [-0.05, 0) is 70.6 Å². The summed E-state index contributed by atoms with van der Waals surface area (Å²) in [6, 6.07) is 0. The SMILES string of the molecule is CC/C=C\C/C=C\C/C=C\C/C=C\C/C=C\C/C=C\C/C=C\CCCCOCC(COP(=O)(O)OCCN)OC(=O)CCCCC. The number of nitrogens with two attached hydrogens (primary N) is 1. The van der Waals surface area contributed by atoms with Crippen molar-refractivity contribution in [2.24, 2.45) is 5.73 Å². The lowest BCUT2D eigenvalue weighted by Gasteiger charge is -2.20. The normalized spacial score (nSPS) is 14.8. The topological polar surface area (TPSA) is 117 Å². The Morgan fingerprint density at radius 1 is 0.674 bits per heavy atom. The Kier molecular flexibility index (Phi) is 32.3. The quantitative estimate of drug-likeness (QED) is 0.0326. The smallest absolute Gasteiger partial charge is 0.457 e. The molecule has 0 rings (SSSR count). The monoisotopic (exact) mass is 663 g/mol. The van der Waals surface area contributed by atoms with Gasteiger partial charge in [0, 0.05) is 19.6 Å². The van der Waals surface area contributed by atoms with Gasteiger partial charge in [0.15, 0.2) is 0 Å². The number of ether oxygens (including phenoxy) is 2. The molecule has 0 saturated heterocycles. The third-order valence-electron chi connectivity index (χ3n) is 6.33. The molecule has 2 unspecified atom stereocenters. The van der Waals surface area contributed by atoms with E-state index in [1.165, 1.54) is 0 Å². The Bertz CT molecular complexity index is 969. The summed E-state index contributed by atoms with van der Waals surface area (Å²) in [4.78, 5) is 21.9. The van der Waals surface area contributed by atoms with Gasteiger partial charge in [0.05, 0.1) is 19.8 Å². The summed E-state index contributed by atoms with van der Waals surface area (Å²) < 4.78 is 32.7. The second-order valence-electron chi connectivity index (χ2n) is 10.6. The third kappa shape index (κ3) is 33.1. The molecule has 0 aromatic rings. The largest absolute Gasteiger partial charge is 0.472 e. The minimum Gasteiger partial charge on any atom is -0.457 e. The Balaban J connectivity index is 4.00. The maximum atomic E-state index is 12.1. The zero-order valence-corrected chi connectivity index (χ0v) is 29.4. The summed E-state index contributed by atoms with van der Waals surface area (Å²) in [5, 5.41) is 0. The average Bonchev–Trinajstić information content (AvgIpc) is 3.04. The van der Waals surface area contributed by atoms with Crippen molar-refractivity contribution in [2.75, 3.05) is 33.0 Å². The molecule has 0 saturated carbocycles. The van der Waals surface area contributed by atoms with Crippen LogP contribution in [0.15, 0.2) is 85.1 Å². The van der Waals surface area contributed by atoms with Gasteiger partial charge in [0.2, 0.25) is 0 Å². The first-order chi connectivity index (χ1) is 22.4. The number of carbonyl (C=O) groups is 1. The number of rotatable bonds is 31. The molecular formula is C37H62NO7P. The lowest BCUT2D eigenvalue weighted by atomic mass is 10.2. The third-order valence-corrected chi connectivity index (χ3v) is 7.31. The Labute approximate surface area is 279 Å². The fourth-order valence-corrected chi connectivity index (χ4v) is 4.62. The van der Waals surface area contributed by atoms with Crippen LogP contribution in [0.1, 0.15) is 104 Å². The molecule has 0 aliphatic carbocycles. The van der Waals surface area contributed by atoms with E-state index in [1.54, 1.807) is 0 Å². The summed E-state index contributed by atoms with van der Waals surface area (Å²) in [7, 11) is -4.27. The number of hydrogen-bond donors (Lipinski definition) is 2. The fourth-order valence-electron chi connectivity index (χ4n) is 3.85. The van der Waals surface area contributed by atoms with Gasteiger partial charge in [-0.15, -0.1) is 0 Å². The molecule has 0 bridgehead atoms. The first kappa shape index (κ1) is 43.7. The molecule has 0 aromatic heterocycles. The highest BCUT2D eigenvalue weighted by molar-refractivity contribution is 7.47. The van der Waals surface area contributed by atoms with Crippen molar-refractivity contribution in [1.82, 2.24) is 0 Å². The fraction of sp³-hybridized carbons (Fsp3) is 0.595. The van der Waals surface area contributed by atoms with E-state index in [-0.39, 0.29) is 38.8 Å². The van der Waals surface area contributed by atoms with E-state index in [1.807, 2.05) is 0 Å². The van der Waals surface area contributed by atoms with Crippen LogP contribution in [0, 0.1) is 0 Å². The van der Waals surface area contributed by atoms with Crippen molar-refractivity contribution >= 4 is 13.8 Å². The maximum Gasteiger partial charge on any atom is 0.472 e. The standard InChI is InChI=1S/C37H62NO7P/c1-3-5-7-8-9-10-11-12-13-14-15-16-17-18-19-20-21-22-23-24-25-26-27-29-32-42-34-36(45-37(39)30-28-6-4-2)35-44-46(40,41)43-33-31-38/h5,7,9-10,12-13,15-16,18-19,21-22,24-25,36H,3-4,6,8,11,14,17,20,23,26-35,38H2,1-2H3,(H,40,41)/b7-5-,10-9-,13-12-,16-15-,19-18-,22-21-,25-24-. The van der Waals surface area contributed by atoms with Gasteiger partial charge in [-0.1, -0.05) is 112 Å². The summed E-state index contributed by atoms with van der Waals surface area (Å²) in [6.07, 6.45) is 42.6. The predicted octanol–water partition coefficient (Wildman–Crippen LogP) is 9.40. The number of carbonyl (C=O) groups excluding carboxylic acids is 1. The van der Waals surface area contributed by atoms with Crippen LogP contribution >= 0.6 is 7.82 Å².